The van der Waals surface area contributed by atoms with Crippen LogP contribution >= 0.6 is 0 Å². The summed E-state index contributed by atoms with van der Waals surface area (Å²) < 4.78 is 1.21. The molecule has 0 saturated heterocycles. The molecule has 3 aromatic rings. The molecular weight excluding hydrogens is 382 g/mol. The van der Waals surface area contributed by atoms with E-state index in [2.05, 4.69) is 9.97 Å². The fourth-order valence-corrected chi connectivity index (χ4v) is 4.10. The minimum atomic E-state index is -0.716. The van der Waals surface area contributed by atoms with Gasteiger partial charge in [0.25, 0.3) is 5.56 Å². The Labute approximate surface area is 170 Å². The van der Waals surface area contributed by atoms with Gasteiger partial charge in [0.15, 0.2) is 0 Å². The van der Waals surface area contributed by atoms with Crippen LogP contribution in [0.4, 0.5) is 0 Å². The lowest BCUT2D eigenvalue weighted by molar-refractivity contribution is 0.102. The Hall–Kier alpha value is -4.30. The number of carbonyl (C=O) groups is 1. The average Bonchev–Trinajstić information content (AvgIpc) is 2.73. The number of rotatable bonds is 2. The van der Waals surface area contributed by atoms with Gasteiger partial charge in [0, 0.05) is 17.7 Å². The van der Waals surface area contributed by atoms with Crippen molar-refractivity contribution in [2.45, 2.75) is 26.3 Å². The first-order chi connectivity index (χ1) is 14.3. The number of pyridine rings is 1. The van der Waals surface area contributed by atoms with E-state index in [4.69, 9.17) is 5.26 Å². The molecule has 1 aromatic carbocycles. The summed E-state index contributed by atoms with van der Waals surface area (Å²) in [6.07, 6.45) is 1.44. The monoisotopic (exact) mass is 397 g/mol. The van der Waals surface area contributed by atoms with E-state index < -0.39 is 23.0 Å². The van der Waals surface area contributed by atoms with E-state index in [1.165, 1.54) is 22.9 Å². The SMILES string of the molecule is Cc1cc(C#N)cc2c1C(C)c1c(n(Cc3ccnc(C#N)c3)c(=O)[nH]c1=O)C2=O. The maximum Gasteiger partial charge on any atom is 0.329 e. The zero-order valence-electron chi connectivity index (χ0n) is 16.2. The van der Waals surface area contributed by atoms with Crippen molar-refractivity contribution in [1.29, 1.82) is 10.5 Å². The summed E-state index contributed by atoms with van der Waals surface area (Å²) in [4.78, 5) is 44.9. The second-order valence-electron chi connectivity index (χ2n) is 7.19. The number of ketones is 1. The van der Waals surface area contributed by atoms with Crippen molar-refractivity contribution in [1.82, 2.24) is 14.5 Å². The minimum absolute atomic E-state index is 0.00793. The molecule has 0 aliphatic heterocycles. The Morgan fingerprint density at radius 1 is 1.13 bits per heavy atom. The molecule has 0 amide bonds. The molecule has 1 unspecified atom stereocenters. The summed E-state index contributed by atoms with van der Waals surface area (Å²) in [5.41, 5.74) is 1.74. The largest absolute Gasteiger partial charge is 0.329 e. The molecule has 1 aliphatic rings. The van der Waals surface area contributed by atoms with Crippen LogP contribution in [0, 0.1) is 29.6 Å². The maximum atomic E-state index is 13.4. The van der Waals surface area contributed by atoms with Crippen molar-refractivity contribution < 1.29 is 4.79 Å². The highest BCUT2D eigenvalue weighted by atomic mass is 16.2. The molecule has 8 heteroatoms. The van der Waals surface area contributed by atoms with Crippen molar-refractivity contribution in [3.8, 4) is 12.1 Å². The predicted octanol–water partition coefficient (Wildman–Crippen LogP) is 1.73. The highest BCUT2D eigenvalue weighted by molar-refractivity contribution is 6.12. The molecule has 0 spiro atoms. The van der Waals surface area contributed by atoms with Gasteiger partial charge in [0.1, 0.15) is 17.5 Å². The summed E-state index contributed by atoms with van der Waals surface area (Å²) in [6.45, 7) is 3.58. The molecule has 1 atom stereocenters. The van der Waals surface area contributed by atoms with Crippen LogP contribution in [0.5, 0.6) is 0 Å². The second kappa shape index (κ2) is 6.94. The average molecular weight is 397 g/mol. The van der Waals surface area contributed by atoms with Crippen LogP contribution in [0.25, 0.3) is 0 Å². The smallest absolute Gasteiger partial charge is 0.287 e. The lowest BCUT2D eigenvalue weighted by atomic mass is 9.78. The third kappa shape index (κ3) is 2.83. The normalized spacial score (nSPS) is 14.4. The zero-order valence-corrected chi connectivity index (χ0v) is 16.2. The molecule has 0 saturated carbocycles. The number of hydrogen-bond acceptors (Lipinski definition) is 6. The number of benzene rings is 1. The maximum absolute atomic E-state index is 13.4. The van der Waals surface area contributed by atoms with E-state index in [-0.39, 0.29) is 23.5 Å². The van der Waals surface area contributed by atoms with Crippen LogP contribution in [0.1, 0.15) is 62.4 Å². The minimum Gasteiger partial charge on any atom is -0.287 e. The van der Waals surface area contributed by atoms with Crippen molar-refractivity contribution in [2.24, 2.45) is 0 Å². The van der Waals surface area contributed by atoms with Gasteiger partial charge in [-0.3, -0.25) is 19.1 Å². The Bertz CT molecular complexity index is 1430. The highest BCUT2D eigenvalue weighted by Gasteiger charge is 2.35. The van der Waals surface area contributed by atoms with Crippen molar-refractivity contribution >= 4 is 5.78 Å². The Morgan fingerprint density at radius 2 is 1.90 bits per heavy atom. The summed E-state index contributed by atoms with van der Waals surface area (Å²) in [7, 11) is 0. The molecule has 0 fully saturated rings. The molecule has 146 valence electrons. The topological polar surface area (TPSA) is 132 Å². The van der Waals surface area contributed by atoms with Crippen molar-refractivity contribution in [3.63, 3.8) is 0 Å². The van der Waals surface area contributed by atoms with Gasteiger partial charge >= 0.3 is 5.69 Å². The summed E-state index contributed by atoms with van der Waals surface area (Å²) in [5.74, 6) is -0.917. The molecule has 4 rings (SSSR count). The standard InChI is InChI=1S/C22H15N5O3/c1-11-5-14(8-23)7-16-17(11)12(2)18-19(20(16)28)27(22(30)26-21(18)29)10-13-3-4-25-15(6-13)9-24/h3-7,12H,10H2,1-2H3,(H,26,29,30). The molecule has 0 radical (unpaired) electrons. The first kappa shape index (κ1) is 19.0. The number of nitrogens with zero attached hydrogens (tertiary/aromatic N) is 4. The van der Waals surface area contributed by atoms with Gasteiger partial charge in [-0.15, -0.1) is 0 Å². The van der Waals surface area contributed by atoms with E-state index in [1.807, 2.05) is 12.1 Å². The highest BCUT2D eigenvalue weighted by Crippen LogP contribution is 2.36. The van der Waals surface area contributed by atoms with Gasteiger partial charge in [-0.1, -0.05) is 6.92 Å². The molecular formula is C22H15N5O3. The molecule has 2 heterocycles. The number of nitriles is 2. The molecule has 1 N–H and O–H groups in total. The van der Waals surface area contributed by atoms with Gasteiger partial charge in [0.05, 0.1) is 23.7 Å². The Balaban J connectivity index is 1.98. The first-order valence-electron chi connectivity index (χ1n) is 9.17. The van der Waals surface area contributed by atoms with Gasteiger partial charge in [-0.2, -0.15) is 10.5 Å². The third-order valence-electron chi connectivity index (χ3n) is 5.36. The van der Waals surface area contributed by atoms with Crippen LogP contribution in [0.3, 0.4) is 0 Å². The van der Waals surface area contributed by atoms with Crippen LogP contribution in [0.2, 0.25) is 0 Å². The molecule has 30 heavy (non-hydrogen) atoms. The summed E-state index contributed by atoms with van der Waals surface area (Å²) >= 11 is 0. The fraction of sp³-hybridized carbons (Fsp3) is 0.182. The molecule has 8 nitrogen and oxygen atoms in total. The first-order valence-corrected chi connectivity index (χ1v) is 9.17. The van der Waals surface area contributed by atoms with E-state index >= 15 is 0 Å². The lowest BCUT2D eigenvalue weighted by Gasteiger charge is -2.27. The van der Waals surface area contributed by atoms with E-state index in [9.17, 15) is 19.6 Å². The van der Waals surface area contributed by atoms with Gasteiger partial charge in [0.2, 0.25) is 5.78 Å². The quantitative estimate of drug-likeness (QED) is 0.700. The number of aromatic nitrogens is 3. The summed E-state index contributed by atoms with van der Waals surface area (Å²) in [5, 5.41) is 18.4. The number of H-pyrrole nitrogens is 1. The van der Waals surface area contributed by atoms with Crippen LogP contribution in [-0.4, -0.2) is 20.3 Å². The van der Waals surface area contributed by atoms with Crippen molar-refractivity contribution in [3.05, 3.63) is 96.1 Å². The van der Waals surface area contributed by atoms with Crippen LogP contribution < -0.4 is 11.2 Å². The van der Waals surface area contributed by atoms with Gasteiger partial charge in [-0.25, -0.2) is 9.78 Å². The third-order valence-corrected chi connectivity index (χ3v) is 5.36. The number of carbonyl (C=O) groups excluding carboxylic acids is 1. The van der Waals surface area contributed by atoms with Crippen LogP contribution in [-0.2, 0) is 6.54 Å². The lowest BCUT2D eigenvalue weighted by Crippen LogP contribution is -2.40. The Morgan fingerprint density at radius 3 is 2.60 bits per heavy atom. The molecule has 2 aromatic heterocycles. The van der Waals surface area contributed by atoms with E-state index in [1.54, 1.807) is 26.0 Å². The van der Waals surface area contributed by atoms with Gasteiger partial charge in [-0.05, 0) is 47.9 Å². The number of hydrogen-bond donors (Lipinski definition) is 1. The number of fused-ring (bicyclic) bond motifs is 2. The van der Waals surface area contributed by atoms with Crippen molar-refractivity contribution in [2.75, 3.05) is 0 Å². The number of aryl methyl sites for hydroxylation is 1. The molecule has 0 bridgehead atoms. The molecule has 1 aliphatic carbocycles. The van der Waals surface area contributed by atoms with E-state index in [0.717, 1.165) is 5.56 Å². The van der Waals surface area contributed by atoms with Crippen LogP contribution in [0.15, 0.2) is 40.1 Å². The Kier molecular flexibility index (Phi) is 4.41. The number of aromatic amines is 1. The van der Waals surface area contributed by atoms with E-state index in [0.29, 0.717) is 22.3 Å². The predicted molar refractivity (Wildman–Crippen MR) is 106 cm³/mol. The number of nitrogens with one attached hydrogen (secondary N) is 1. The fourth-order valence-electron chi connectivity index (χ4n) is 4.10. The van der Waals surface area contributed by atoms with Gasteiger partial charge < -0.3 is 0 Å². The summed E-state index contributed by atoms with van der Waals surface area (Å²) in [6, 6.07) is 10.3. The zero-order chi connectivity index (χ0) is 21.6. The second-order valence-corrected chi connectivity index (χ2v) is 7.19.